The number of hydrogen-bond acceptors (Lipinski definition) is 2. The number of allylic oxidation sites excluding steroid dienone is 2. The summed E-state index contributed by atoms with van der Waals surface area (Å²) in [6, 6.07) is 15.7. The van der Waals surface area contributed by atoms with Gasteiger partial charge in [-0.15, -0.1) is 0 Å². The van der Waals surface area contributed by atoms with Gasteiger partial charge in [0, 0.05) is 11.3 Å². The minimum atomic E-state index is 0.443. The summed E-state index contributed by atoms with van der Waals surface area (Å²) < 4.78 is 0. The van der Waals surface area contributed by atoms with Gasteiger partial charge in [-0.25, -0.2) is 0 Å². The number of anilines is 1. The molecule has 0 radical (unpaired) electrons. The van der Waals surface area contributed by atoms with Crippen molar-refractivity contribution in [1.82, 2.24) is 0 Å². The fourth-order valence-electron chi connectivity index (χ4n) is 2.13. The third-order valence-electron chi connectivity index (χ3n) is 3.18. The van der Waals surface area contributed by atoms with Crippen molar-refractivity contribution in [3.05, 3.63) is 71.3 Å². The maximum Gasteiger partial charge on any atom is 0.0635 e. The summed E-state index contributed by atoms with van der Waals surface area (Å²) >= 11 is 0. The number of nitrogen functional groups attached to an aromatic ring is 1. The largest absolute Gasteiger partial charge is 0.398 e. The summed E-state index contributed by atoms with van der Waals surface area (Å²) in [5.41, 5.74) is 11.2. The second-order valence-corrected chi connectivity index (χ2v) is 4.64. The average Bonchev–Trinajstić information content (AvgIpc) is 2.39. The molecule has 2 nitrogen and oxygen atoms in total. The molecule has 19 heavy (non-hydrogen) atoms. The number of rotatable bonds is 3. The van der Waals surface area contributed by atoms with Gasteiger partial charge in [0.25, 0.3) is 0 Å². The van der Waals surface area contributed by atoms with Gasteiger partial charge in [-0.2, -0.15) is 0 Å². The Kier molecular flexibility index (Phi) is 3.81. The fraction of sp³-hybridized carbons (Fsp3) is 0.118. The van der Waals surface area contributed by atoms with Gasteiger partial charge in [0.15, 0.2) is 0 Å². The lowest BCUT2D eigenvalue weighted by molar-refractivity contribution is 1.41. The molecule has 3 N–H and O–H groups in total. The Bertz CT molecular complexity index is 639. The first-order valence-corrected chi connectivity index (χ1v) is 6.27. The van der Waals surface area contributed by atoms with Crippen LogP contribution in [0.15, 0.2) is 54.6 Å². The summed E-state index contributed by atoms with van der Waals surface area (Å²) in [7, 11) is 0. The van der Waals surface area contributed by atoms with Crippen LogP contribution in [0.3, 0.4) is 0 Å². The molecule has 0 fully saturated rings. The van der Waals surface area contributed by atoms with Gasteiger partial charge in [0.1, 0.15) is 0 Å². The molecule has 96 valence electrons. The molecule has 0 amide bonds. The third kappa shape index (κ3) is 2.91. The van der Waals surface area contributed by atoms with Gasteiger partial charge in [-0.3, -0.25) is 0 Å². The Morgan fingerprint density at radius 2 is 1.58 bits per heavy atom. The molecule has 0 aromatic heterocycles. The average molecular weight is 250 g/mol. The Morgan fingerprint density at radius 3 is 2.21 bits per heavy atom. The number of hydrogen-bond donors (Lipinski definition) is 2. The van der Waals surface area contributed by atoms with E-state index in [1.54, 1.807) is 0 Å². The molecular weight excluding hydrogens is 232 g/mol. The number of aryl methyl sites for hydroxylation is 1. The maximum absolute atomic E-state index is 8.16. The van der Waals surface area contributed by atoms with Crippen molar-refractivity contribution in [2.45, 2.75) is 13.8 Å². The van der Waals surface area contributed by atoms with Crippen molar-refractivity contribution in [3.8, 4) is 0 Å². The van der Waals surface area contributed by atoms with Crippen LogP contribution in [-0.2, 0) is 0 Å². The van der Waals surface area contributed by atoms with Crippen LogP contribution >= 0.6 is 0 Å². The second-order valence-electron chi connectivity index (χ2n) is 4.64. The van der Waals surface area contributed by atoms with E-state index in [4.69, 9.17) is 11.1 Å². The molecule has 2 aromatic carbocycles. The van der Waals surface area contributed by atoms with E-state index in [0.717, 1.165) is 11.1 Å². The van der Waals surface area contributed by atoms with E-state index in [9.17, 15) is 0 Å². The van der Waals surface area contributed by atoms with Crippen LogP contribution in [0.4, 0.5) is 5.69 Å². The molecule has 0 spiro atoms. The summed E-state index contributed by atoms with van der Waals surface area (Å²) in [4.78, 5) is 0. The second kappa shape index (κ2) is 5.53. The van der Waals surface area contributed by atoms with Crippen LogP contribution in [0.1, 0.15) is 23.6 Å². The minimum Gasteiger partial charge on any atom is -0.398 e. The zero-order chi connectivity index (χ0) is 13.8. The minimum absolute atomic E-state index is 0.443. The number of nitrogens with two attached hydrogens (primary N) is 1. The van der Waals surface area contributed by atoms with Crippen molar-refractivity contribution in [3.63, 3.8) is 0 Å². The van der Waals surface area contributed by atoms with Crippen molar-refractivity contribution in [2.24, 2.45) is 0 Å². The van der Waals surface area contributed by atoms with Gasteiger partial charge in [0.2, 0.25) is 0 Å². The monoisotopic (exact) mass is 250 g/mol. The molecule has 0 unspecified atom stereocenters. The highest BCUT2D eigenvalue weighted by Gasteiger charge is 2.05. The highest BCUT2D eigenvalue weighted by atomic mass is 14.6. The van der Waals surface area contributed by atoms with Gasteiger partial charge in [0.05, 0.1) is 5.71 Å². The topological polar surface area (TPSA) is 49.9 Å². The van der Waals surface area contributed by atoms with Crippen LogP contribution in [0.2, 0.25) is 0 Å². The molecule has 0 aliphatic carbocycles. The molecule has 0 saturated heterocycles. The van der Waals surface area contributed by atoms with Crippen LogP contribution in [-0.4, -0.2) is 5.71 Å². The predicted octanol–water partition coefficient (Wildman–Crippen LogP) is 4.05. The van der Waals surface area contributed by atoms with Crippen molar-refractivity contribution in [1.29, 1.82) is 5.41 Å². The van der Waals surface area contributed by atoms with Crippen LogP contribution in [0, 0.1) is 12.3 Å². The predicted molar refractivity (Wildman–Crippen MR) is 82.5 cm³/mol. The van der Waals surface area contributed by atoms with Gasteiger partial charge in [-0.05, 0) is 42.7 Å². The van der Waals surface area contributed by atoms with Crippen LogP contribution in [0.25, 0.3) is 5.57 Å². The SMILES string of the molecule is C/C(=C/C(=N)c1ccccc1N)c1ccccc1C. The molecular formula is C17H18N2. The maximum atomic E-state index is 8.16. The first-order chi connectivity index (χ1) is 9.09. The quantitative estimate of drug-likeness (QED) is 0.626. The number of nitrogens with one attached hydrogen (secondary N) is 1. The molecule has 0 heterocycles. The molecule has 0 aliphatic rings. The lowest BCUT2D eigenvalue weighted by Crippen LogP contribution is -2.01. The summed E-state index contributed by atoms with van der Waals surface area (Å²) in [5.74, 6) is 0. The first kappa shape index (κ1) is 13.1. The van der Waals surface area contributed by atoms with E-state index < -0.39 is 0 Å². The summed E-state index contributed by atoms with van der Waals surface area (Å²) in [6.07, 6.45) is 1.87. The lowest BCUT2D eigenvalue weighted by Gasteiger charge is -2.08. The standard InChI is InChI=1S/C17H18N2/c1-12-7-3-4-8-14(12)13(2)11-17(19)15-9-5-6-10-16(15)18/h3-11,19H,18H2,1-2H3/b13-11-,19-17?. The normalized spacial score (nSPS) is 11.4. The smallest absolute Gasteiger partial charge is 0.0635 e. The molecule has 2 heteroatoms. The zero-order valence-corrected chi connectivity index (χ0v) is 11.3. The lowest BCUT2D eigenvalue weighted by atomic mass is 9.98. The van der Waals surface area contributed by atoms with Crippen LogP contribution < -0.4 is 5.73 Å². The third-order valence-corrected chi connectivity index (χ3v) is 3.18. The van der Waals surface area contributed by atoms with E-state index in [0.29, 0.717) is 11.4 Å². The van der Waals surface area contributed by atoms with Gasteiger partial charge >= 0.3 is 0 Å². The number of benzene rings is 2. The van der Waals surface area contributed by atoms with Crippen molar-refractivity contribution < 1.29 is 0 Å². The van der Waals surface area contributed by atoms with E-state index in [1.807, 2.05) is 49.4 Å². The molecule has 0 aliphatic heterocycles. The summed E-state index contributed by atoms with van der Waals surface area (Å²) in [5, 5.41) is 8.16. The van der Waals surface area contributed by atoms with Crippen molar-refractivity contribution >= 4 is 17.0 Å². The fourth-order valence-corrected chi connectivity index (χ4v) is 2.13. The molecule has 0 saturated carbocycles. The molecule has 0 bridgehead atoms. The Hall–Kier alpha value is -2.35. The Balaban J connectivity index is 2.34. The zero-order valence-electron chi connectivity index (χ0n) is 11.3. The highest BCUT2D eigenvalue weighted by Crippen LogP contribution is 2.20. The van der Waals surface area contributed by atoms with E-state index >= 15 is 0 Å². The Morgan fingerprint density at radius 1 is 1.00 bits per heavy atom. The molecule has 0 atom stereocenters. The van der Waals surface area contributed by atoms with E-state index in [1.165, 1.54) is 11.1 Å². The Labute approximate surface area is 114 Å². The molecule has 2 aromatic rings. The molecule has 2 rings (SSSR count). The van der Waals surface area contributed by atoms with Gasteiger partial charge < -0.3 is 11.1 Å². The van der Waals surface area contributed by atoms with Crippen molar-refractivity contribution in [2.75, 3.05) is 5.73 Å². The van der Waals surface area contributed by atoms with Gasteiger partial charge in [-0.1, -0.05) is 42.5 Å². The first-order valence-electron chi connectivity index (χ1n) is 6.27. The highest BCUT2D eigenvalue weighted by molar-refractivity contribution is 6.13. The number of para-hydroxylation sites is 1. The van der Waals surface area contributed by atoms with E-state index in [-0.39, 0.29) is 0 Å². The summed E-state index contributed by atoms with van der Waals surface area (Å²) in [6.45, 7) is 4.10. The van der Waals surface area contributed by atoms with E-state index in [2.05, 4.69) is 19.1 Å². The van der Waals surface area contributed by atoms with Crippen LogP contribution in [0.5, 0.6) is 0 Å².